The van der Waals surface area contributed by atoms with Crippen molar-refractivity contribution in [2.75, 3.05) is 6.54 Å². The summed E-state index contributed by atoms with van der Waals surface area (Å²) in [5.41, 5.74) is 3.60. The van der Waals surface area contributed by atoms with Gasteiger partial charge in [-0.3, -0.25) is 14.4 Å². The fourth-order valence-corrected chi connectivity index (χ4v) is 7.51. The van der Waals surface area contributed by atoms with Gasteiger partial charge in [-0.1, -0.05) is 86.1 Å². The average Bonchev–Trinajstić information content (AvgIpc) is 2.91. The quantitative estimate of drug-likeness (QED) is 0.294. The summed E-state index contributed by atoms with van der Waals surface area (Å²) in [5.74, 6) is -1.12. The van der Waals surface area contributed by atoms with Crippen molar-refractivity contribution < 1.29 is 24.2 Å². The Labute approximate surface area is 260 Å². The first-order chi connectivity index (χ1) is 20.3. The minimum Gasteiger partial charge on any atom is -0.489 e. The molecule has 0 saturated heterocycles. The van der Waals surface area contributed by atoms with Crippen LogP contribution in [0.2, 0.25) is 0 Å². The van der Waals surface area contributed by atoms with E-state index < -0.39 is 11.9 Å². The van der Waals surface area contributed by atoms with Gasteiger partial charge in [-0.25, -0.2) is 0 Å². The van der Waals surface area contributed by atoms with E-state index in [-0.39, 0.29) is 28.9 Å². The molecule has 6 rings (SSSR count). The third kappa shape index (κ3) is 5.55. The molecule has 0 amide bonds. The lowest BCUT2D eigenvalue weighted by atomic mass is 9.63. The van der Waals surface area contributed by atoms with Gasteiger partial charge in [0.05, 0.1) is 0 Å². The molecule has 6 nitrogen and oxygen atoms in total. The summed E-state index contributed by atoms with van der Waals surface area (Å²) in [7, 11) is 0. The highest BCUT2D eigenvalue weighted by Crippen LogP contribution is 2.55. The second-order valence-electron chi connectivity index (χ2n) is 13.6. The number of Topliss-reactive ketones (excluding diaryl/α,β-unsaturated/α-hetero) is 2. The molecule has 43 heavy (non-hydrogen) atoms. The predicted octanol–water partition coefficient (Wildman–Crippen LogP) is 7.95. The van der Waals surface area contributed by atoms with Gasteiger partial charge >= 0.3 is 5.97 Å². The summed E-state index contributed by atoms with van der Waals surface area (Å²) in [6.45, 7) is 8.19. The smallest absolute Gasteiger partial charge is 0.323 e. The predicted molar refractivity (Wildman–Crippen MR) is 170 cm³/mol. The van der Waals surface area contributed by atoms with E-state index in [1.807, 2.05) is 70.2 Å². The number of ketones is 2. The highest BCUT2D eigenvalue weighted by atomic mass is 79.9. The number of carboxylic acid groups (broad SMARTS) is 1. The molecule has 0 saturated carbocycles. The number of benzene rings is 3. The van der Waals surface area contributed by atoms with E-state index in [1.165, 1.54) is 0 Å². The van der Waals surface area contributed by atoms with Gasteiger partial charge < -0.3 is 14.7 Å². The van der Waals surface area contributed by atoms with Crippen molar-refractivity contribution >= 4 is 44.2 Å². The number of halogens is 1. The number of ether oxygens (including phenoxy) is 1. The molecule has 0 atom stereocenters. The Kier molecular flexibility index (Phi) is 7.36. The van der Waals surface area contributed by atoms with E-state index in [2.05, 4.69) is 34.1 Å². The highest BCUT2D eigenvalue weighted by Gasteiger charge is 2.49. The number of allylic oxidation sites excluding steroid dienone is 4. The summed E-state index contributed by atoms with van der Waals surface area (Å²) < 4.78 is 7.36. The van der Waals surface area contributed by atoms with Crippen LogP contribution in [0.15, 0.2) is 87.7 Å². The van der Waals surface area contributed by atoms with Gasteiger partial charge in [-0.2, -0.15) is 0 Å². The monoisotopic (exact) mass is 641 g/mol. The molecule has 0 spiro atoms. The van der Waals surface area contributed by atoms with E-state index >= 15 is 0 Å². The van der Waals surface area contributed by atoms with Crippen molar-refractivity contribution in [2.24, 2.45) is 10.8 Å². The number of hydrogen-bond acceptors (Lipinski definition) is 5. The van der Waals surface area contributed by atoms with Crippen LogP contribution in [0.3, 0.4) is 0 Å². The van der Waals surface area contributed by atoms with Crippen molar-refractivity contribution in [3.63, 3.8) is 0 Å². The molecule has 3 aromatic carbocycles. The summed E-state index contributed by atoms with van der Waals surface area (Å²) >= 11 is 3.63. The molecule has 0 unspecified atom stereocenters. The molecule has 1 heterocycles. The van der Waals surface area contributed by atoms with Gasteiger partial charge in [0.25, 0.3) is 0 Å². The summed E-state index contributed by atoms with van der Waals surface area (Å²) in [4.78, 5) is 42.1. The van der Waals surface area contributed by atoms with Crippen LogP contribution >= 0.6 is 15.9 Å². The van der Waals surface area contributed by atoms with Crippen molar-refractivity contribution in [1.82, 2.24) is 4.90 Å². The van der Waals surface area contributed by atoms with Gasteiger partial charge in [0.1, 0.15) is 18.9 Å². The van der Waals surface area contributed by atoms with Gasteiger partial charge in [0, 0.05) is 51.3 Å². The summed E-state index contributed by atoms with van der Waals surface area (Å²) in [6.07, 6.45) is 1.74. The van der Waals surface area contributed by atoms with Crippen LogP contribution in [0.25, 0.3) is 10.8 Å². The second-order valence-corrected chi connectivity index (χ2v) is 14.5. The number of carbonyl (C=O) groups is 3. The Hall–Kier alpha value is -3.71. The zero-order valence-electron chi connectivity index (χ0n) is 25.0. The Morgan fingerprint density at radius 2 is 1.49 bits per heavy atom. The maximum Gasteiger partial charge on any atom is 0.323 e. The van der Waals surface area contributed by atoms with Crippen LogP contribution in [0.5, 0.6) is 5.75 Å². The van der Waals surface area contributed by atoms with Crippen molar-refractivity contribution in [2.45, 2.75) is 65.9 Å². The standard InChI is InChI=1S/C36H36BrNO5/c1-35(2)15-26-33(28(39)17-35)32(34-27(38(26)19-31(41)42)16-36(3,4)18-29(34)40)25-14-23(37)12-13-30(25)43-20-22-10-7-9-21-8-5-6-11-24(21)22/h5-14,32H,15-20H2,1-4H3,(H,41,42). The Morgan fingerprint density at radius 1 is 0.884 bits per heavy atom. The molecule has 0 bridgehead atoms. The van der Waals surface area contributed by atoms with Gasteiger partial charge in [0.2, 0.25) is 0 Å². The van der Waals surface area contributed by atoms with E-state index in [9.17, 15) is 19.5 Å². The lowest BCUT2D eigenvalue weighted by Gasteiger charge is -2.48. The molecule has 3 aliphatic rings. The fraction of sp³-hybridized carbons (Fsp3) is 0.361. The second kappa shape index (κ2) is 10.8. The minimum absolute atomic E-state index is 0.0456. The number of aliphatic carboxylic acids is 1. The van der Waals surface area contributed by atoms with Crippen LogP contribution in [-0.4, -0.2) is 34.1 Å². The van der Waals surface area contributed by atoms with Crippen LogP contribution in [0.4, 0.5) is 0 Å². The van der Waals surface area contributed by atoms with Crippen molar-refractivity contribution in [3.05, 3.63) is 98.8 Å². The zero-order valence-corrected chi connectivity index (χ0v) is 26.6. The highest BCUT2D eigenvalue weighted by molar-refractivity contribution is 9.10. The van der Waals surface area contributed by atoms with E-state index in [0.717, 1.165) is 37.8 Å². The number of carbonyl (C=O) groups excluding carboxylic acids is 2. The summed E-state index contributed by atoms with van der Waals surface area (Å²) in [5, 5.41) is 12.2. The molecule has 2 aliphatic carbocycles. The number of nitrogens with zero attached hydrogens (tertiary/aromatic N) is 1. The molecule has 0 radical (unpaired) electrons. The number of hydrogen-bond donors (Lipinski definition) is 1. The maximum absolute atomic E-state index is 14.1. The Morgan fingerprint density at radius 3 is 2.12 bits per heavy atom. The number of fused-ring (bicyclic) bond motifs is 1. The molecule has 1 aliphatic heterocycles. The molecule has 0 aromatic heterocycles. The molecule has 7 heteroatoms. The molecule has 0 fully saturated rings. The van der Waals surface area contributed by atoms with Crippen LogP contribution in [-0.2, 0) is 21.0 Å². The van der Waals surface area contributed by atoms with Crippen molar-refractivity contribution in [3.8, 4) is 5.75 Å². The molecule has 3 aromatic rings. The fourth-order valence-electron chi connectivity index (χ4n) is 7.14. The minimum atomic E-state index is -0.995. The third-order valence-corrected chi connectivity index (χ3v) is 9.35. The first kappa shape index (κ1) is 29.4. The maximum atomic E-state index is 14.1. The van der Waals surface area contributed by atoms with E-state index in [1.54, 1.807) is 4.90 Å². The molecule has 222 valence electrons. The topological polar surface area (TPSA) is 83.9 Å². The number of rotatable bonds is 6. The van der Waals surface area contributed by atoms with E-state index in [4.69, 9.17) is 4.74 Å². The van der Waals surface area contributed by atoms with Gasteiger partial charge in [-0.05, 0) is 58.2 Å². The zero-order chi connectivity index (χ0) is 30.7. The Bertz CT molecular complexity index is 1690. The van der Waals surface area contributed by atoms with Crippen LogP contribution in [0.1, 0.15) is 70.4 Å². The Balaban J connectivity index is 1.53. The molecular formula is C36H36BrNO5. The van der Waals surface area contributed by atoms with Gasteiger partial charge in [0.15, 0.2) is 11.6 Å². The van der Waals surface area contributed by atoms with E-state index in [0.29, 0.717) is 49.2 Å². The van der Waals surface area contributed by atoms with Gasteiger partial charge in [-0.15, -0.1) is 0 Å². The number of carboxylic acids is 1. The third-order valence-electron chi connectivity index (χ3n) is 8.86. The van der Waals surface area contributed by atoms with Crippen molar-refractivity contribution in [1.29, 1.82) is 0 Å². The lowest BCUT2D eigenvalue weighted by Crippen LogP contribution is -2.45. The first-order valence-electron chi connectivity index (χ1n) is 14.7. The normalized spacial score (nSPS) is 19.9. The SMILES string of the molecule is CC1(C)CC(=O)C2=C(C1)N(CC(=O)O)C1=C(C(=O)CC(C)(C)C1)C2c1cc(Br)ccc1OCc1cccc2ccccc12. The largest absolute Gasteiger partial charge is 0.489 e. The average molecular weight is 643 g/mol. The van der Waals surface area contributed by atoms with Crippen LogP contribution < -0.4 is 4.74 Å². The molecule has 1 N–H and O–H groups in total. The molecular weight excluding hydrogens is 606 g/mol. The van der Waals surface area contributed by atoms with Crippen LogP contribution in [0, 0.1) is 10.8 Å². The summed E-state index contributed by atoms with van der Waals surface area (Å²) in [6, 6.07) is 20.1. The lowest BCUT2D eigenvalue weighted by molar-refractivity contribution is -0.138. The first-order valence-corrected chi connectivity index (χ1v) is 15.5.